The van der Waals surface area contributed by atoms with E-state index in [0.29, 0.717) is 22.1 Å². The first kappa shape index (κ1) is 13.6. The highest BCUT2D eigenvalue weighted by Crippen LogP contribution is 2.27. The summed E-state index contributed by atoms with van der Waals surface area (Å²) in [5.41, 5.74) is 1.30. The molecule has 0 spiro atoms. The Morgan fingerprint density at radius 1 is 1.16 bits per heavy atom. The third-order valence-corrected chi connectivity index (χ3v) is 3.96. The van der Waals surface area contributed by atoms with Crippen molar-refractivity contribution >= 4 is 21.1 Å². The molecule has 1 heterocycles. The van der Waals surface area contributed by atoms with Crippen molar-refractivity contribution in [3.63, 3.8) is 0 Å². The van der Waals surface area contributed by atoms with Crippen LogP contribution in [0.2, 0.25) is 0 Å². The average Bonchev–Trinajstić information content (AvgIpc) is 2.31. The predicted molar refractivity (Wildman–Crippen MR) is 72.0 cm³/mol. The third-order valence-electron chi connectivity index (χ3n) is 2.82. The van der Waals surface area contributed by atoms with Crippen LogP contribution in [0, 0.1) is 13.8 Å². The van der Waals surface area contributed by atoms with E-state index in [1.165, 1.54) is 13.0 Å². The van der Waals surface area contributed by atoms with Crippen molar-refractivity contribution < 1.29 is 17.0 Å². The molecule has 0 saturated heterocycles. The minimum atomic E-state index is -3.58. The highest BCUT2D eigenvalue weighted by atomic mass is 32.2. The molecule has 0 aliphatic rings. The van der Waals surface area contributed by atoms with Crippen molar-refractivity contribution in [2.75, 3.05) is 5.75 Å². The van der Waals surface area contributed by atoms with E-state index in [9.17, 15) is 13.2 Å². The second-order valence-electron chi connectivity index (χ2n) is 4.29. The van der Waals surface area contributed by atoms with E-state index < -0.39 is 15.7 Å². The van der Waals surface area contributed by atoms with Crippen LogP contribution in [0.4, 0.5) is 0 Å². The van der Waals surface area contributed by atoms with Crippen LogP contribution in [0.1, 0.15) is 18.1 Å². The maximum Gasteiger partial charge on any atom is 0.336 e. The van der Waals surface area contributed by atoms with E-state index in [-0.39, 0.29) is 11.5 Å². The summed E-state index contributed by atoms with van der Waals surface area (Å²) >= 11 is 0. The van der Waals surface area contributed by atoms with Gasteiger partial charge in [0, 0.05) is 11.5 Å². The molecule has 0 atom stereocenters. The van der Waals surface area contributed by atoms with Crippen LogP contribution in [-0.4, -0.2) is 14.2 Å². The Kier molecular flexibility index (Phi) is 3.36. The first-order valence-electron chi connectivity index (χ1n) is 5.79. The van der Waals surface area contributed by atoms with Gasteiger partial charge in [0.25, 0.3) is 0 Å². The number of aryl methyl sites for hydroxylation is 2. The van der Waals surface area contributed by atoms with Crippen molar-refractivity contribution in [1.82, 2.24) is 0 Å². The van der Waals surface area contributed by atoms with Crippen LogP contribution in [0.3, 0.4) is 0 Å². The fourth-order valence-corrected chi connectivity index (χ4v) is 2.30. The quantitative estimate of drug-likeness (QED) is 0.637. The topological polar surface area (TPSA) is 73.6 Å². The molecule has 0 bridgehead atoms. The van der Waals surface area contributed by atoms with Crippen molar-refractivity contribution in [3.8, 4) is 5.75 Å². The largest absolute Gasteiger partial charge is 0.423 e. The van der Waals surface area contributed by atoms with Gasteiger partial charge in [0.15, 0.2) is 0 Å². The summed E-state index contributed by atoms with van der Waals surface area (Å²) in [6.45, 7) is 4.96. The van der Waals surface area contributed by atoms with Gasteiger partial charge in [-0.15, -0.1) is 0 Å². The summed E-state index contributed by atoms with van der Waals surface area (Å²) in [5, 5.41) is 0.659. The number of benzene rings is 1. The molecule has 0 N–H and O–H groups in total. The number of hydrogen-bond acceptors (Lipinski definition) is 5. The van der Waals surface area contributed by atoms with Gasteiger partial charge in [-0.05, 0) is 44.0 Å². The Hall–Kier alpha value is -1.82. The minimum Gasteiger partial charge on any atom is -0.423 e. The molecular weight excluding hydrogens is 268 g/mol. The Bertz CT molecular complexity index is 787. The molecule has 0 unspecified atom stereocenters. The summed E-state index contributed by atoms with van der Waals surface area (Å²) in [6, 6.07) is 4.54. The predicted octanol–water partition coefficient (Wildman–Crippen LogP) is 2.14. The Balaban J connectivity index is 2.65. The third kappa shape index (κ3) is 2.78. The van der Waals surface area contributed by atoms with Gasteiger partial charge in [0.2, 0.25) is 0 Å². The van der Waals surface area contributed by atoms with E-state index in [1.54, 1.807) is 26.0 Å². The summed E-state index contributed by atoms with van der Waals surface area (Å²) in [6.07, 6.45) is 0. The lowest BCUT2D eigenvalue weighted by atomic mass is 10.1. The zero-order valence-corrected chi connectivity index (χ0v) is 11.7. The summed E-state index contributed by atoms with van der Waals surface area (Å²) in [7, 11) is -3.58. The van der Waals surface area contributed by atoms with Crippen molar-refractivity contribution in [1.29, 1.82) is 0 Å². The number of fused-ring (bicyclic) bond motifs is 1. The van der Waals surface area contributed by atoms with E-state index in [4.69, 9.17) is 8.60 Å². The summed E-state index contributed by atoms with van der Waals surface area (Å²) < 4.78 is 33.1. The molecule has 0 saturated carbocycles. The van der Waals surface area contributed by atoms with E-state index >= 15 is 0 Å². The smallest absolute Gasteiger partial charge is 0.336 e. The molecular formula is C13H14O5S. The van der Waals surface area contributed by atoms with Gasteiger partial charge in [-0.1, -0.05) is 0 Å². The van der Waals surface area contributed by atoms with Crippen molar-refractivity contribution in [3.05, 3.63) is 39.7 Å². The Labute approximate surface area is 110 Å². The molecule has 1 aromatic carbocycles. The Morgan fingerprint density at radius 3 is 2.47 bits per heavy atom. The van der Waals surface area contributed by atoms with Gasteiger partial charge in [-0.25, -0.2) is 4.79 Å². The second kappa shape index (κ2) is 4.70. The molecule has 6 heteroatoms. The SMILES string of the molecule is CCS(=O)(=O)Oc1cc2c(C)cc(=O)oc2cc1C. The van der Waals surface area contributed by atoms with Crippen LogP contribution < -0.4 is 9.81 Å². The average molecular weight is 282 g/mol. The lowest BCUT2D eigenvalue weighted by Gasteiger charge is -2.09. The number of hydrogen-bond donors (Lipinski definition) is 0. The molecule has 1 aromatic heterocycles. The standard InChI is InChI=1S/C13H14O5S/c1-4-19(15,16)18-11-7-10-8(2)6-13(14)17-12(10)5-9(11)3/h5-7H,4H2,1-3H3. The van der Waals surface area contributed by atoms with Crippen molar-refractivity contribution in [2.45, 2.75) is 20.8 Å². The van der Waals surface area contributed by atoms with E-state index in [0.717, 1.165) is 0 Å². The lowest BCUT2D eigenvalue weighted by molar-refractivity contribution is 0.485. The first-order valence-corrected chi connectivity index (χ1v) is 7.37. The van der Waals surface area contributed by atoms with Gasteiger partial charge in [0.1, 0.15) is 11.3 Å². The van der Waals surface area contributed by atoms with Crippen LogP contribution in [0.5, 0.6) is 5.75 Å². The molecule has 2 rings (SSSR count). The molecule has 19 heavy (non-hydrogen) atoms. The highest BCUT2D eigenvalue weighted by Gasteiger charge is 2.14. The molecule has 0 amide bonds. The summed E-state index contributed by atoms with van der Waals surface area (Å²) in [5.74, 6) is 0.152. The fraction of sp³-hybridized carbons (Fsp3) is 0.308. The van der Waals surface area contributed by atoms with E-state index in [2.05, 4.69) is 0 Å². The zero-order valence-electron chi connectivity index (χ0n) is 10.9. The van der Waals surface area contributed by atoms with Gasteiger partial charge in [-0.2, -0.15) is 8.42 Å². The molecule has 0 aliphatic heterocycles. The second-order valence-corrected chi connectivity index (χ2v) is 6.15. The van der Waals surface area contributed by atoms with Gasteiger partial charge in [-0.3, -0.25) is 0 Å². The zero-order chi connectivity index (χ0) is 14.2. The molecule has 5 nitrogen and oxygen atoms in total. The maximum atomic E-state index is 11.5. The molecule has 102 valence electrons. The van der Waals surface area contributed by atoms with Crippen molar-refractivity contribution in [2.24, 2.45) is 0 Å². The van der Waals surface area contributed by atoms with Crippen LogP contribution >= 0.6 is 0 Å². The first-order chi connectivity index (χ1) is 8.82. The minimum absolute atomic E-state index is 0.104. The van der Waals surface area contributed by atoms with E-state index in [1.807, 2.05) is 0 Å². The number of rotatable bonds is 3. The molecule has 0 fully saturated rings. The monoisotopic (exact) mass is 282 g/mol. The van der Waals surface area contributed by atoms with Gasteiger partial charge < -0.3 is 8.60 Å². The maximum absolute atomic E-state index is 11.5. The molecule has 2 aromatic rings. The van der Waals surface area contributed by atoms with Crippen LogP contribution in [0.15, 0.2) is 27.4 Å². The molecule has 0 radical (unpaired) electrons. The Morgan fingerprint density at radius 2 is 1.84 bits per heavy atom. The fourth-order valence-electron chi connectivity index (χ4n) is 1.73. The molecule has 0 aliphatic carbocycles. The van der Waals surface area contributed by atoms with Crippen LogP contribution in [0.25, 0.3) is 11.0 Å². The highest BCUT2D eigenvalue weighted by molar-refractivity contribution is 7.87. The lowest BCUT2D eigenvalue weighted by Crippen LogP contribution is -2.12. The van der Waals surface area contributed by atoms with Gasteiger partial charge in [0.05, 0.1) is 5.75 Å². The normalized spacial score (nSPS) is 11.7. The summed E-state index contributed by atoms with van der Waals surface area (Å²) in [4.78, 5) is 11.3. The van der Waals surface area contributed by atoms with Gasteiger partial charge >= 0.3 is 15.7 Å². The van der Waals surface area contributed by atoms with Crippen LogP contribution in [-0.2, 0) is 10.1 Å².